The van der Waals surface area contributed by atoms with Crippen LogP contribution in [-0.2, 0) is 18.4 Å². The van der Waals surface area contributed by atoms with Gasteiger partial charge in [0.25, 0.3) is 0 Å². The van der Waals surface area contributed by atoms with E-state index in [1.54, 1.807) is 6.33 Å². The normalized spacial score (nSPS) is 15.5. The maximum atomic E-state index is 11.7. The van der Waals surface area contributed by atoms with Gasteiger partial charge in [-0.15, -0.1) is 10.2 Å². The van der Waals surface area contributed by atoms with E-state index in [0.29, 0.717) is 19.5 Å². The number of aryl methyl sites for hydroxylation is 1. The molecule has 17 heavy (non-hydrogen) atoms. The largest absolute Gasteiger partial charge is 0.343 e. The van der Waals surface area contributed by atoms with Crippen LogP contribution in [0.5, 0.6) is 0 Å². The summed E-state index contributed by atoms with van der Waals surface area (Å²) in [6, 6.07) is 0. The number of hydrogen-bond donors (Lipinski definition) is 1. The molecular weight excluding hydrogens is 218 g/mol. The Balaban J connectivity index is 1.63. The number of carbonyl (C=O) groups is 1. The zero-order chi connectivity index (χ0) is 12.1. The van der Waals surface area contributed by atoms with Crippen molar-refractivity contribution >= 4 is 5.91 Å². The van der Waals surface area contributed by atoms with Gasteiger partial charge >= 0.3 is 0 Å². The van der Waals surface area contributed by atoms with Gasteiger partial charge < -0.3 is 14.8 Å². The van der Waals surface area contributed by atoms with E-state index < -0.39 is 0 Å². The molecule has 1 aromatic rings. The van der Waals surface area contributed by atoms with Gasteiger partial charge in [-0.05, 0) is 12.8 Å². The summed E-state index contributed by atoms with van der Waals surface area (Å²) in [4.78, 5) is 13.7. The maximum absolute atomic E-state index is 11.7. The molecule has 2 rings (SSSR count). The summed E-state index contributed by atoms with van der Waals surface area (Å²) in [5.41, 5.74) is 0. The van der Waals surface area contributed by atoms with E-state index in [1.165, 1.54) is 0 Å². The molecule has 0 saturated carbocycles. The summed E-state index contributed by atoms with van der Waals surface area (Å²) >= 11 is 0. The Morgan fingerprint density at radius 2 is 2.24 bits per heavy atom. The van der Waals surface area contributed by atoms with Crippen molar-refractivity contribution in [3.05, 3.63) is 12.2 Å². The summed E-state index contributed by atoms with van der Waals surface area (Å²) in [5, 5.41) is 11.0. The molecule has 0 aromatic carbocycles. The molecule has 1 aliphatic heterocycles. The van der Waals surface area contributed by atoms with E-state index in [2.05, 4.69) is 15.5 Å². The second kappa shape index (κ2) is 5.77. The number of nitrogens with one attached hydrogen (secondary N) is 1. The SMILES string of the molecule is Cn1cnnc1CNCCC(=O)N1CCCC1. The third-order valence-corrected chi connectivity index (χ3v) is 3.06. The van der Waals surface area contributed by atoms with Gasteiger partial charge in [0.15, 0.2) is 0 Å². The van der Waals surface area contributed by atoms with Crippen molar-refractivity contribution in [1.29, 1.82) is 0 Å². The van der Waals surface area contributed by atoms with Crippen LogP contribution in [0.3, 0.4) is 0 Å². The molecule has 0 aliphatic carbocycles. The van der Waals surface area contributed by atoms with Crippen LogP contribution in [0.25, 0.3) is 0 Å². The Kier molecular flexibility index (Phi) is 4.08. The monoisotopic (exact) mass is 237 g/mol. The first kappa shape index (κ1) is 12.0. The Hall–Kier alpha value is -1.43. The van der Waals surface area contributed by atoms with Gasteiger partial charge in [-0.2, -0.15) is 0 Å². The predicted molar refractivity (Wildman–Crippen MR) is 63.1 cm³/mol. The molecule has 0 radical (unpaired) electrons. The van der Waals surface area contributed by atoms with Gasteiger partial charge in [0, 0.05) is 33.1 Å². The quantitative estimate of drug-likeness (QED) is 0.727. The molecule has 1 N–H and O–H groups in total. The number of amides is 1. The Morgan fingerprint density at radius 3 is 2.88 bits per heavy atom. The smallest absolute Gasteiger partial charge is 0.223 e. The molecule has 1 amide bonds. The fraction of sp³-hybridized carbons (Fsp3) is 0.727. The third kappa shape index (κ3) is 3.26. The van der Waals surface area contributed by atoms with Crippen LogP contribution in [0.1, 0.15) is 25.1 Å². The lowest BCUT2D eigenvalue weighted by Gasteiger charge is -2.15. The minimum Gasteiger partial charge on any atom is -0.343 e. The third-order valence-electron chi connectivity index (χ3n) is 3.06. The topological polar surface area (TPSA) is 63.1 Å². The van der Waals surface area contributed by atoms with E-state index in [-0.39, 0.29) is 5.91 Å². The standard InChI is InChI=1S/C11H19N5O/c1-15-9-13-14-10(15)8-12-5-4-11(17)16-6-2-3-7-16/h9,12H,2-8H2,1H3. The lowest BCUT2D eigenvalue weighted by Crippen LogP contribution is -2.30. The molecule has 6 heteroatoms. The Bertz CT molecular complexity index is 370. The van der Waals surface area contributed by atoms with Crippen molar-refractivity contribution < 1.29 is 4.79 Å². The molecule has 0 unspecified atom stereocenters. The number of aromatic nitrogens is 3. The van der Waals surface area contributed by atoms with E-state index >= 15 is 0 Å². The van der Waals surface area contributed by atoms with Crippen molar-refractivity contribution in [2.75, 3.05) is 19.6 Å². The first-order chi connectivity index (χ1) is 8.27. The molecule has 94 valence electrons. The molecular formula is C11H19N5O. The number of carbonyl (C=O) groups excluding carboxylic acids is 1. The molecule has 1 aromatic heterocycles. The molecule has 0 spiro atoms. The minimum absolute atomic E-state index is 0.257. The van der Waals surface area contributed by atoms with Crippen LogP contribution >= 0.6 is 0 Å². The van der Waals surface area contributed by atoms with Gasteiger partial charge in [-0.1, -0.05) is 0 Å². The van der Waals surface area contributed by atoms with Crippen molar-refractivity contribution in [2.24, 2.45) is 7.05 Å². The summed E-state index contributed by atoms with van der Waals surface area (Å²) in [6.07, 6.45) is 4.54. The maximum Gasteiger partial charge on any atom is 0.223 e. The van der Waals surface area contributed by atoms with Crippen LogP contribution in [0.2, 0.25) is 0 Å². The van der Waals surface area contributed by atoms with Crippen molar-refractivity contribution in [1.82, 2.24) is 25.0 Å². The van der Waals surface area contributed by atoms with Gasteiger partial charge in [0.1, 0.15) is 12.2 Å². The van der Waals surface area contributed by atoms with Crippen molar-refractivity contribution in [3.63, 3.8) is 0 Å². The van der Waals surface area contributed by atoms with Crippen LogP contribution in [0, 0.1) is 0 Å². The van der Waals surface area contributed by atoms with E-state index in [0.717, 1.165) is 31.8 Å². The minimum atomic E-state index is 0.257. The van der Waals surface area contributed by atoms with E-state index in [9.17, 15) is 4.79 Å². The lowest BCUT2D eigenvalue weighted by molar-refractivity contribution is -0.130. The van der Waals surface area contributed by atoms with Gasteiger partial charge in [-0.25, -0.2) is 0 Å². The molecule has 1 saturated heterocycles. The summed E-state index contributed by atoms with van der Waals surface area (Å²) in [7, 11) is 1.91. The van der Waals surface area contributed by atoms with E-state index in [4.69, 9.17) is 0 Å². The van der Waals surface area contributed by atoms with Gasteiger partial charge in [0.05, 0.1) is 6.54 Å². The fourth-order valence-corrected chi connectivity index (χ4v) is 1.99. The predicted octanol–water partition coefficient (Wildman–Crippen LogP) is -0.0828. The zero-order valence-corrected chi connectivity index (χ0v) is 10.2. The van der Waals surface area contributed by atoms with Crippen LogP contribution in [0.15, 0.2) is 6.33 Å². The van der Waals surface area contributed by atoms with Crippen LogP contribution in [-0.4, -0.2) is 45.2 Å². The van der Waals surface area contributed by atoms with Crippen molar-refractivity contribution in [2.45, 2.75) is 25.8 Å². The average molecular weight is 237 g/mol. The van der Waals surface area contributed by atoms with Crippen molar-refractivity contribution in [3.8, 4) is 0 Å². The molecule has 2 heterocycles. The highest BCUT2D eigenvalue weighted by Crippen LogP contribution is 2.08. The fourth-order valence-electron chi connectivity index (χ4n) is 1.99. The second-order valence-electron chi connectivity index (χ2n) is 4.37. The summed E-state index contributed by atoms with van der Waals surface area (Å²) < 4.78 is 1.87. The summed E-state index contributed by atoms with van der Waals surface area (Å²) in [5.74, 6) is 1.14. The Morgan fingerprint density at radius 1 is 1.47 bits per heavy atom. The number of hydrogen-bond acceptors (Lipinski definition) is 4. The number of rotatable bonds is 5. The van der Waals surface area contributed by atoms with E-state index in [1.807, 2.05) is 16.5 Å². The highest BCUT2D eigenvalue weighted by molar-refractivity contribution is 5.76. The summed E-state index contributed by atoms with van der Waals surface area (Å²) in [6.45, 7) is 3.22. The first-order valence-corrected chi connectivity index (χ1v) is 6.09. The first-order valence-electron chi connectivity index (χ1n) is 6.09. The average Bonchev–Trinajstić information content (AvgIpc) is 2.96. The van der Waals surface area contributed by atoms with Gasteiger partial charge in [0.2, 0.25) is 5.91 Å². The van der Waals surface area contributed by atoms with Crippen LogP contribution in [0.4, 0.5) is 0 Å². The zero-order valence-electron chi connectivity index (χ0n) is 10.2. The number of likely N-dealkylation sites (tertiary alicyclic amines) is 1. The molecule has 0 atom stereocenters. The molecule has 1 fully saturated rings. The van der Waals surface area contributed by atoms with Crippen LogP contribution < -0.4 is 5.32 Å². The second-order valence-corrected chi connectivity index (χ2v) is 4.37. The highest BCUT2D eigenvalue weighted by atomic mass is 16.2. The van der Waals surface area contributed by atoms with Gasteiger partial charge in [-0.3, -0.25) is 4.79 Å². The number of nitrogens with zero attached hydrogens (tertiary/aromatic N) is 4. The lowest BCUT2D eigenvalue weighted by atomic mass is 10.3. The molecule has 0 bridgehead atoms. The molecule has 1 aliphatic rings. The Labute approximate surface area is 101 Å². The molecule has 6 nitrogen and oxygen atoms in total. The highest BCUT2D eigenvalue weighted by Gasteiger charge is 2.16.